The Bertz CT molecular complexity index is 839. The van der Waals surface area contributed by atoms with Crippen LogP contribution in [0.3, 0.4) is 0 Å². The van der Waals surface area contributed by atoms with Gasteiger partial charge < -0.3 is 20.1 Å². The van der Waals surface area contributed by atoms with Crippen molar-refractivity contribution in [2.75, 3.05) is 19.0 Å². The van der Waals surface area contributed by atoms with Gasteiger partial charge in [0, 0.05) is 10.2 Å². The zero-order valence-corrected chi connectivity index (χ0v) is 17.1. The third kappa shape index (κ3) is 6.38. The number of carbonyl (C=O) groups excluding carboxylic acids is 3. The molecule has 0 radical (unpaired) electrons. The molecule has 2 rings (SSSR count). The molecule has 0 saturated heterocycles. The summed E-state index contributed by atoms with van der Waals surface area (Å²) in [5, 5.41) is 5.09. The molecule has 2 aromatic rings. The number of nitrogens with one attached hydrogen (secondary N) is 2. The first-order valence-corrected chi connectivity index (χ1v) is 9.39. The van der Waals surface area contributed by atoms with Crippen molar-refractivity contribution in [2.45, 2.75) is 19.4 Å². The number of ether oxygens (including phenoxy) is 2. The van der Waals surface area contributed by atoms with E-state index in [1.54, 1.807) is 42.5 Å². The predicted molar refractivity (Wildman–Crippen MR) is 108 cm³/mol. The zero-order chi connectivity index (χ0) is 20.5. The number of halogens is 1. The average Bonchev–Trinajstić information content (AvgIpc) is 2.69. The van der Waals surface area contributed by atoms with Crippen molar-refractivity contribution in [1.29, 1.82) is 0 Å². The second-order valence-corrected chi connectivity index (χ2v) is 6.69. The first kappa shape index (κ1) is 21.4. The lowest BCUT2D eigenvalue weighted by molar-refractivity contribution is -0.142. The Morgan fingerprint density at radius 3 is 2.39 bits per heavy atom. The van der Waals surface area contributed by atoms with Gasteiger partial charge >= 0.3 is 17.8 Å². The van der Waals surface area contributed by atoms with E-state index in [0.29, 0.717) is 23.6 Å². The molecule has 2 aromatic carbocycles. The van der Waals surface area contributed by atoms with E-state index in [-0.39, 0.29) is 6.42 Å². The number of rotatable bonds is 7. The summed E-state index contributed by atoms with van der Waals surface area (Å²) in [7, 11) is 1.26. The van der Waals surface area contributed by atoms with E-state index in [2.05, 4.69) is 31.3 Å². The molecule has 0 saturated carbocycles. The minimum absolute atomic E-state index is 0.102. The van der Waals surface area contributed by atoms with Crippen LogP contribution in [-0.2, 0) is 19.1 Å². The quantitative estimate of drug-likeness (QED) is 0.500. The number of esters is 1. The molecule has 0 fully saturated rings. The van der Waals surface area contributed by atoms with Crippen molar-refractivity contribution < 1.29 is 23.9 Å². The molecular formula is C20H21BrN2O5. The summed E-state index contributed by atoms with van der Waals surface area (Å²) >= 11 is 3.35. The van der Waals surface area contributed by atoms with Crippen molar-refractivity contribution in [1.82, 2.24) is 5.32 Å². The highest BCUT2D eigenvalue weighted by atomic mass is 79.9. The molecule has 7 nitrogen and oxygen atoms in total. The van der Waals surface area contributed by atoms with E-state index in [1.807, 2.05) is 13.0 Å². The number of anilines is 1. The second kappa shape index (κ2) is 10.5. The Morgan fingerprint density at radius 1 is 1.07 bits per heavy atom. The Balaban J connectivity index is 2.06. The van der Waals surface area contributed by atoms with Crippen LogP contribution in [0.4, 0.5) is 5.69 Å². The third-order valence-corrected chi connectivity index (χ3v) is 4.28. The molecule has 2 N–H and O–H groups in total. The summed E-state index contributed by atoms with van der Waals surface area (Å²) in [5.41, 5.74) is 1.12. The van der Waals surface area contributed by atoms with Gasteiger partial charge in [-0.3, -0.25) is 14.4 Å². The molecular weight excluding hydrogens is 428 g/mol. The molecule has 148 valence electrons. The number of hydrogen-bond acceptors (Lipinski definition) is 5. The molecule has 0 aliphatic heterocycles. The van der Waals surface area contributed by atoms with Gasteiger partial charge in [0.25, 0.3) is 0 Å². The van der Waals surface area contributed by atoms with Crippen LogP contribution in [0.1, 0.15) is 24.9 Å². The maximum absolute atomic E-state index is 12.3. The minimum Gasteiger partial charge on any atom is -0.494 e. The maximum Gasteiger partial charge on any atom is 0.313 e. The van der Waals surface area contributed by atoms with E-state index < -0.39 is 23.8 Å². The Morgan fingerprint density at radius 2 is 1.79 bits per heavy atom. The summed E-state index contributed by atoms with van der Waals surface area (Å²) in [6, 6.07) is 13.1. The van der Waals surface area contributed by atoms with Gasteiger partial charge in [0.2, 0.25) is 0 Å². The summed E-state index contributed by atoms with van der Waals surface area (Å²) in [6.45, 7) is 2.40. The topological polar surface area (TPSA) is 93.7 Å². The first-order chi connectivity index (χ1) is 13.4. The minimum atomic E-state index is -0.859. The Kier molecular flexibility index (Phi) is 8.01. The van der Waals surface area contributed by atoms with E-state index in [9.17, 15) is 14.4 Å². The summed E-state index contributed by atoms with van der Waals surface area (Å²) in [5.74, 6) is -1.54. The normalized spacial score (nSPS) is 11.2. The lowest BCUT2D eigenvalue weighted by atomic mass is 10.0. The molecule has 0 aliphatic carbocycles. The van der Waals surface area contributed by atoms with Crippen molar-refractivity contribution in [3.05, 3.63) is 58.6 Å². The molecule has 0 aliphatic rings. The number of benzene rings is 2. The van der Waals surface area contributed by atoms with Gasteiger partial charge in [-0.1, -0.05) is 28.1 Å². The molecule has 0 aromatic heterocycles. The molecule has 0 heterocycles. The summed E-state index contributed by atoms with van der Waals surface area (Å²) in [4.78, 5) is 36.3. The number of hydrogen-bond donors (Lipinski definition) is 2. The maximum atomic E-state index is 12.3. The van der Waals surface area contributed by atoms with Crippen molar-refractivity contribution in [3.63, 3.8) is 0 Å². The van der Waals surface area contributed by atoms with Crippen LogP contribution in [0.25, 0.3) is 0 Å². The number of carbonyl (C=O) groups is 3. The fourth-order valence-corrected chi connectivity index (χ4v) is 2.86. The summed E-state index contributed by atoms with van der Waals surface area (Å²) in [6.07, 6.45) is -0.102. The van der Waals surface area contributed by atoms with Gasteiger partial charge in [-0.2, -0.15) is 0 Å². The largest absolute Gasteiger partial charge is 0.494 e. The van der Waals surface area contributed by atoms with Crippen molar-refractivity contribution in [2.24, 2.45) is 0 Å². The monoisotopic (exact) mass is 448 g/mol. The van der Waals surface area contributed by atoms with E-state index in [1.165, 1.54) is 7.11 Å². The van der Waals surface area contributed by atoms with Gasteiger partial charge in [-0.15, -0.1) is 0 Å². The van der Waals surface area contributed by atoms with Crippen molar-refractivity contribution in [3.8, 4) is 5.75 Å². The molecule has 28 heavy (non-hydrogen) atoms. The lowest BCUT2D eigenvalue weighted by Crippen LogP contribution is -2.38. The molecule has 8 heteroatoms. The fraction of sp³-hybridized carbons (Fsp3) is 0.250. The average molecular weight is 449 g/mol. The Hall–Kier alpha value is -2.87. The van der Waals surface area contributed by atoms with Crippen LogP contribution >= 0.6 is 15.9 Å². The van der Waals surface area contributed by atoms with E-state index >= 15 is 0 Å². The SMILES string of the molecule is CCOc1ccc(NC(=O)C(=O)N[C@@H](CC(=O)OC)c2cccc(Br)c2)cc1. The smallest absolute Gasteiger partial charge is 0.313 e. The summed E-state index contributed by atoms with van der Waals surface area (Å²) < 4.78 is 10.8. The first-order valence-electron chi connectivity index (χ1n) is 8.60. The second-order valence-electron chi connectivity index (χ2n) is 5.77. The lowest BCUT2D eigenvalue weighted by Gasteiger charge is -2.18. The van der Waals surface area contributed by atoms with E-state index in [4.69, 9.17) is 4.74 Å². The highest BCUT2D eigenvalue weighted by Gasteiger charge is 2.23. The van der Waals surface area contributed by atoms with Gasteiger partial charge in [0.15, 0.2) is 0 Å². The number of methoxy groups -OCH3 is 1. The standard InChI is InChI=1S/C20H21BrN2O5/c1-3-28-16-9-7-15(8-10-16)22-19(25)20(26)23-17(12-18(24)27-2)13-5-4-6-14(21)11-13/h4-11,17H,3,12H2,1-2H3,(H,22,25)(H,23,26)/t17-/m0/s1. The van der Waals surface area contributed by atoms with E-state index in [0.717, 1.165) is 4.47 Å². The molecule has 0 spiro atoms. The van der Waals surface area contributed by atoms with Crippen LogP contribution in [0.2, 0.25) is 0 Å². The zero-order valence-electron chi connectivity index (χ0n) is 15.5. The Labute approximate surface area is 171 Å². The fourth-order valence-electron chi connectivity index (χ4n) is 2.44. The third-order valence-electron chi connectivity index (χ3n) is 3.78. The highest BCUT2D eigenvalue weighted by Crippen LogP contribution is 2.21. The van der Waals surface area contributed by atoms with Gasteiger partial charge in [0.1, 0.15) is 5.75 Å². The molecule has 0 unspecified atom stereocenters. The van der Waals surface area contributed by atoms with Gasteiger partial charge in [-0.25, -0.2) is 0 Å². The van der Waals surface area contributed by atoms with Gasteiger partial charge in [0.05, 0.1) is 26.2 Å². The van der Waals surface area contributed by atoms with Crippen LogP contribution in [0, 0.1) is 0 Å². The molecule has 1 atom stereocenters. The number of amides is 2. The molecule has 0 bridgehead atoms. The van der Waals surface area contributed by atoms with Crippen LogP contribution in [-0.4, -0.2) is 31.5 Å². The van der Waals surface area contributed by atoms with Crippen molar-refractivity contribution >= 4 is 39.4 Å². The van der Waals surface area contributed by atoms with Crippen LogP contribution in [0.5, 0.6) is 5.75 Å². The highest BCUT2D eigenvalue weighted by molar-refractivity contribution is 9.10. The molecule has 2 amide bonds. The van der Waals surface area contributed by atoms with Crippen LogP contribution < -0.4 is 15.4 Å². The van der Waals surface area contributed by atoms with Crippen LogP contribution in [0.15, 0.2) is 53.0 Å². The van der Waals surface area contributed by atoms with Gasteiger partial charge in [-0.05, 0) is 48.9 Å². The predicted octanol–water partition coefficient (Wildman–Crippen LogP) is 3.21.